The molecule has 0 aliphatic carbocycles. The van der Waals surface area contributed by atoms with Crippen molar-refractivity contribution in [1.82, 2.24) is 10.3 Å². The lowest BCUT2D eigenvalue weighted by atomic mass is 10.1. The summed E-state index contributed by atoms with van der Waals surface area (Å²) in [5.41, 5.74) is 0.936. The molecule has 1 N–H and O–H groups in total. The second-order valence-corrected chi connectivity index (χ2v) is 4.18. The quantitative estimate of drug-likeness (QED) is 0.892. The van der Waals surface area contributed by atoms with Crippen LogP contribution in [-0.2, 0) is 4.79 Å². The summed E-state index contributed by atoms with van der Waals surface area (Å²) in [4.78, 5) is 15.3. The highest BCUT2D eigenvalue weighted by Crippen LogP contribution is 2.37. The molecule has 1 unspecified atom stereocenters. The number of halogens is 1. The first-order valence-electron chi connectivity index (χ1n) is 4.78. The van der Waals surface area contributed by atoms with Crippen molar-refractivity contribution in [3.8, 4) is 5.75 Å². The van der Waals surface area contributed by atoms with Crippen molar-refractivity contribution in [2.24, 2.45) is 0 Å². The average molecular weight is 271 g/mol. The maximum Gasteiger partial charge on any atom is 0.220 e. The van der Waals surface area contributed by atoms with Gasteiger partial charge in [0.25, 0.3) is 0 Å². The number of rotatable bonds is 2. The van der Waals surface area contributed by atoms with Gasteiger partial charge in [0.05, 0.1) is 10.5 Å². The van der Waals surface area contributed by atoms with E-state index in [4.69, 9.17) is 4.74 Å². The van der Waals surface area contributed by atoms with Gasteiger partial charge in [0.2, 0.25) is 5.91 Å². The molecule has 4 nitrogen and oxygen atoms in total. The number of hydrogen-bond acceptors (Lipinski definition) is 3. The molecule has 0 saturated heterocycles. The molecule has 0 fully saturated rings. The number of pyridine rings is 1. The Labute approximate surface area is 96.2 Å². The fourth-order valence-corrected chi connectivity index (χ4v) is 1.97. The normalized spacial score (nSPS) is 18.1. The number of carbonyl (C=O) groups is 1. The highest BCUT2D eigenvalue weighted by atomic mass is 79.9. The third-order valence-corrected chi connectivity index (χ3v) is 2.87. The van der Waals surface area contributed by atoms with E-state index in [9.17, 15) is 4.79 Å². The van der Waals surface area contributed by atoms with E-state index in [1.54, 1.807) is 12.4 Å². The molecule has 1 amide bonds. The number of hydrogen-bond donors (Lipinski definition) is 1. The molecule has 80 valence electrons. The summed E-state index contributed by atoms with van der Waals surface area (Å²) >= 11 is 3.36. The van der Waals surface area contributed by atoms with Gasteiger partial charge < -0.3 is 10.1 Å². The molecule has 1 aliphatic rings. The monoisotopic (exact) mass is 270 g/mol. The van der Waals surface area contributed by atoms with Gasteiger partial charge in [-0.05, 0) is 15.9 Å². The van der Waals surface area contributed by atoms with E-state index in [0.717, 1.165) is 15.8 Å². The number of carbonyl (C=O) groups excluding carboxylic acids is 1. The predicted molar refractivity (Wildman–Crippen MR) is 58.6 cm³/mol. The van der Waals surface area contributed by atoms with Gasteiger partial charge in [-0.15, -0.1) is 0 Å². The Bertz CT molecular complexity index is 395. The summed E-state index contributed by atoms with van der Waals surface area (Å²) in [5, 5.41) is 2.89. The SMILES string of the molecule is CCC(=O)NC1COc2c(Br)cncc21. The molecule has 15 heavy (non-hydrogen) atoms. The Kier molecular flexibility index (Phi) is 2.90. The largest absolute Gasteiger partial charge is 0.489 e. The topological polar surface area (TPSA) is 51.2 Å². The highest BCUT2D eigenvalue weighted by molar-refractivity contribution is 9.10. The smallest absolute Gasteiger partial charge is 0.220 e. The number of nitrogens with zero attached hydrogens (tertiary/aromatic N) is 1. The molecule has 1 aromatic rings. The van der Waals surface area contributed by atoms with Crippen LogP contribution in [0.25, 0.3) is 0 Å². The Morgan fingerprint density at radius 1 is 1.73 bits per heavy atom. The van der Waals surface area contributed by atoms with Crippen LogP contribution in [0.3, 0.4) is 0 Å². The number of amides is 1. The first kappa shape index (κ1) is 10.4. The Balaban J connectivity index is 2.21. The Morgan fingerprint density at radius 2 is 2.53 bits per heavy atom. The molecule has 0 aromatic carbocycles. The molecule has 5 heteroatoms. The van der Waals surface area contributed by atoms with Gasteiger partial charge in [-0.3, -0.25) is 9.78 Å². The zero-order valence-corrected chi connectivity index (χ0v) is 9.87. The summed E-state index contributed by atoms with van der Waals surface area (Å²) < 4.78 is 6.31. The molecule has 2 rings (SSSR count). The van der Waals surface area contributed by atoms with Crippen molar-refractivity contribution >= 4 is 21.8 Å². The van der Waals surface area contributed by atoms with E-state index in [1.165, 1.54) is 0 Å². The van der Waals surface area contributed by atoms with Crippen molar-refractivity contribution in [3.63, 3.8) is 0 Å². The van der Waals surface area contributed by atoms with Crippen molar-refractivity contribution in [2.45, 2.75) is 19.4 Å². The van der Waals surface area contributed by atoms with Crippen molar-refractivity contribution in [1.29, 1.82) is 0 Å². The molecule has 1 atom stereocenters. The van der Waals surface area contributed by atoms with Gasteiger partial charge in [-0.25, -0.2) is 0 Å². The molecule has 0 bridgehead atoms. The van der Waals surface area contributed by atoms with E-state index >= 15 is 0 Å². The lowest BCUT2D eigenvalue weighted by Crippen LogP contribution is -2.28. The fraction of sp³-hybridized carbons (Fsp3) is 0.400. The van der Waals surface area contributed by atoms with E-state index in [-0.39, 0.29) is 11.9 Å². The van der Waals surface area contributed by atoms with Crippen LogP contribution >= 0.6 is 15.9 Å². The molecular weight excluding hydrogens is 260 g/mol. The van der Waals surface area contributed by atoms with Gasteiger partial charge >= 0.3 is 0 Å². The fourth-order valence-electron chi connectivity index (χ4n) is 1.51. The maximum absolute atomic E-state index is 11.3. The minimum Gasteiger partial charge on any atom is -0.489 e. The van der Waals surface area contributed by atoms with Crippen LogP contribution in [0.2, 0.25) is 0 Å². The lowest BCUT2D eigenvalue weighted by Gasteiger charge is -2.09. The number of nitrogens with one attached hydrogen (secondary N) is 1. The number of ether oxygens (including phenoxy) is 1. The first-order valence-corrected chi connectivity index (χ1v) is 5.57. The summed E-state index contributed by atoms with van der Waals surface area (Å²) in [6.07, 6.45) is 3.89. The van der Waals surface area contributed by atoms with E-state index < -0.39 is 0 Å². The van der Waals surface area contributed by atoms with Gasteiger partial charge in [-0.1, -0.05) is 6.92 Å². The van der Waals surface area contributed by atoms with Gasteiger partial charge in [0.1, 0.15) is 12.4 Å². The van der Waals surface area contributed by atoms with Crippen molar-refractivity contribution in [3.05, 3.63) is 22.4 Å². The van der Waals surface area contributed by atoms with Gasteiger partial charge in [0, 0.05) is 24.4 Å². The summed E-state index contributed by atoms with van der Waals surface area (Å²) in [5.74, 6) is 0.808. The summed E-state index contributed by atoms with van der Waals surface area (Å²) in [6, 6.07) is -0.0718. The average Bonchev–Trinajstić information content (AvgIpc) is 2.63. The Hall–Kier alpha value is -1.10. The first-order chi connectivity index (χ1) is 7.22. The second-order valence-electron chi connectivity index (χ2n) is 3.32. The standard InChI is InChI=1S/C10H11BrN2O2/c1-2-9(14)13-8-5-15-10-6(8)3-12-4-7(10)11/h3-4,8H,2,5H2,1H3,(H,13,14). The van der Waals surface area contributed by atoms with Crippen molar-refractivity contribution in [2.75, 3.05) is 6.61 Å². The summed E-state index contributed by atoms with van der Waals surface area (Å²) in [6.45, 7) is 2.30. The zero-order chi connectivity index (χ0) is 10.8. The third-order valence-electron chi connectivity index (χ3n) is 2.31. The van der Waals surface area contributed by atoms with Gasteiger partial charge in [0.15, 0.2) is 0 Å². The van der Waals surface area contributed by atoms with E-state index in [0.29, 0.717) is 13.0 Å². The number of aromatic nitrogens is 1. The van der Waals surface area contributed by atoms with E-state index in [2.05, 4.69) is 26.2 Å². The van der Waals surface area contributed by atoms with Crippen LogP contribution < -0.4 is 10.1 Å². The predicted octanol–water partition coefficient (Wildman–Crippen LogP) is 1.80. The molecule has 2 heterocycles. The second kappa shape index (κ2) is 4.18. The Morgan fingerprint density at radius 3 is 3.27 bits per heavy atom. The van der Waals surface area contributed by atoms with E-state index in [1.807, 2.05) is 6.92 Å². The molecular formula is C10H11BrN2O2. The number of fused-ring (bicyclic) bond motifs is 1. The molecule has 0 saturated carbocycles. The summed E-state index contributed by atoms with van der Waals surface area (Å²) in [7, 11) is 0. The third kappa shape index (κ3) is 1.97. The highest BCUT2D eigenvalue weighted by Gasteiger charge is 2.27. The zero-order valence-electron chi connectivity index (χ0n) is 8.29. The molecule has 0 radical (unpaired) electrons. The minimum atomic E-state index is -0.0718. The van der Waals surface area contributed by atoms with Crippen LogP contribution in [0.4, 0.5) is 0 Å². The van der Waals surface area contributed by atoms with Crippen LogP contribution in [-0.4, -0.2) is 17.5 Å². The molecule has 1 aromatic heterocycles. The van der Waals surface area contributed by atoms with Crippen molar-refractivity contribution < 1.29 is 9.53 Å². The maximum atomic E-state index is 11.3. The minimum absolute atomic E-state index is 0.0245. The lowest BCUT2D eigenvalue weighted by molar-refractivity contribution is -0.121. The van der Waals surface area contributed by atoms with Crippen LogP contribution in [0.15, 0.2) is 16.9 Å². The van der Waals surface area contributed by atoms with Crippen LogP contribution in [0.5, 0.6) is 5.75 Å². The molecule has 1 aliphatic heterocycles. The molecule has 0 spiro atoms. The van der Waals surface area contributed by atoms with Crippen LogP contribution in [0.1, 0.15) is 24.9 Å². The van der Waals surface area contributed by atoms with Crippen LogP contribution in [0, 0.1) is 0 Å². The van der Waals surface area contributed by atoms with Gasteiger partial charge in [-0.2, -0.15) is 0 Å².